The molecule has 1 atom stereocenters. The molecular weight excluding hydrogens is 247 g/mol. The Hall–Kier alpha value is -2.17. The maximum atomic E-state index is 13.2. The molecule has 1 aromatic carbocycles. The zero-order valence-corrected chi connectivity index (χ0v) is 10.2. The van der Waals surface area contributed by atoms with Gasteiger partial charge in [-0.2, -0.15) is 0 Å². The Kier molecular flexibility index (Phi) is 2.81. The summed E-state index contributed by atoms with van der Waals surface area (Å²) < 4.78 is 13.2. The number of anilines is 1. The molecule has 0 radical (unpaired) electrons. The molecule has 1 unspecified atom stereocenters. The molecule has 0 aliphatic carbocycles. The smallest absolute Gasteiger partial charge is 0.326 e. The zero-order chi connectivity index (χ0) is 13.4. The summed E-state index contributed by atoms with van der Waals surface area (Å²) in [5.41, 5.74) is 0.550. The second-order valence-corrected chi connectivity index (χ2v) is 4.70. The molecule has 1 aromatic heterocycles. The maximum absolute atomic E-state index is 13.2. The van der Waals surface area contributed by atoms with E-state index in [9.17, 15) is 14.3 Å². The highest BCUT2D eigenvalue weighted by molar-refractivity contribution is 5.82. The van der Waals surface area contributed by atoms with Gasteiger partial charge in [-0.25, -0.2) is 14.2 Å². The standard InChI is InChI=1S/C14H13FN2O2/c15-10-5-3-9-4-6-13(16-11(9)8-10)17-7-1-2-12(17)14(18)19/h3-6,8,12H,1-2,7H2,(H,18,19). The van der Waals surface area contributed by atoms with Crippen LogP contribution < -0.4 is 4.90 Å². The Morgan fingerprint density at radius 3 is 2.95 bits per heavy atom. The Labute approximate surface area is 109 Å². The van der Waals surface area contributed by atoms with Gasteiger partial charge in [0.15, 0.2) is 0 Å². The molecule has 1 aliphatic heterocycles. The lowest BCUT2D eigenvalue weighted by atomic mass is 10.2. The van der Waals surface area contributed by atoms with Gasteiger partial charge in [-0.15, -0.1) is 0 Å². The van der Waals surface area contributed by atoms with Crippen molar-refractivity contribution in [1.29, 1.82) is 0 Å². The number of hydrogen-bond acceptors (Lipinski definition) is 3. The number of carboxylic acids is 1. The molecule has 19 heavy (non-hydrogen) atoms. The summed E-state index contributed by atoms with van der Waals surface area (Å²) in [4.78, 5) is 17.3. The zero-order valence-electron chi connectivity index (χ0n) is 10.2. The van der Waals surface area contributed by atoms with E-state index in [1.165, 1.54) is 12.1 Å². The molecule has 98 valence electrons. The Balaban J connectivity index is 2.03. The average Bonchev–Trinajstić information content (AvgIpc) is 2.87. The Morgan fingerprint density at radius 1 is 1.37 bits per heavy atom. The Bertz CT molecular complexity index is 644. The normalized spacial score (nSPS) is 19.0. The second-order valence-electron chi connectivity index (χ2n) is 4.70. The number of aliphatic carboxylic acids is 1. The van der Waals surface area contributed by atoms with Crippen LogP contribution in [0.2, 0.25) is 0 Å². The molecular formula is C14H13FN2O2. The molecule has 1 N–H and O–H groups in total. The third kappa shape index (κ3) is 2.12. The van der Waals surface area contributed by atoms with Crippen LogP contribution >= 0.6 is 0 Å². The molecule has 5 heteroatoms. The summed E-state index contributed by atoms with van der Waals surface area (Å²) in [6, 6.07) is 7.53. The molecule has 3 rings (SSSR count). The fraction of sp³-hybridized carbons (Fsp3) is 0.286. The van der Waals surface area contributed by atoms with Crippen LogP contribution in [0.1, 0.15) is 12.8 Å². The maximum Gasteiger partial charge on any atom is 0.326 e. The van der Waals surface area contributed by atoms with E-state index in [0.717, 1.165) is 11.8 Å². The van der Waals surface area contributed by atoms with Crippen molar-refractivity contribution in [3.8, 4) is 0 Å². The van der Waals surface area contributed by atoms with Gasteiger partial charge in [0.2, 0.25) is 0 Å². The van der Waals surface area contributed by atoms with Gasteiger partial charge in [0.1, 0.15) is 17.7 Å². The predicted molar refractivity (Wildman–Crippen MR) is 69.7 cm³/mol. The minimum absolute atomic E-state index is 0.339. The van der Waals surface area contributed by atoms with Crippen molar-refractivity contribution in [1.82, 2.24) is 4.98 Å². The Morgan fingerprint density at radius 2 is 2.16 bits per heavy atom. The minimum atomic E-state index is -0.835. The van der Waals surface area contributed by atoms with Crippen LogP contribution in [-0.2, 0) is 4.79 Å². The van der Waals surface area contributed by atoms with Gasteiger partial charge in [-0.05, 0) is 37.1 Å². The number of benzene rings is 1. The van der Waals surface area contributed by atoms with Gasteiger partial charge in [0.05, 0.1) is 5.52 Å². The van der Waals surface area contributed by atoms with Crippen molar-refractivity contribution in [3.05, 3.63) is 36.1 Å². The molecule has 0 bridgehead atoms. The van der Waals surface area contributed by atoms with Gasteiger partial charge in [0, 0.05) is 18.0 Å². The number of pyridine rings is 1. The van der Waals surface area contributed by atoms with E-state index in [1.54, 1.807) is 17.0 Å². The van der Waals surface area contributed by atoms with Gasteiger partial charge in [-0.1, -0.05) is 0 Å². The van der Waals surface area contributed by atoms with Gasteiger partial charge in [0.25, 0.3) is 0 Å². The van der Waals surface area contributed by atoms with Crippen LogP contribution in [0.15, 0.2) is 30.3 Å². The highest BCUT2D eigenvalue weighted by Crippen LogP contribution is 2.26. The van der Waals surface area contributed by atoms with Gasteiger partial charge >= 0.3 is 5.97 Å². The number of halogens is 1. The largest absolute Gasteiger partial charge is 0.480 e. The lowest BCUT2D eigenvalue weighted by Crippen LogP contribution is -2.36. The molecule has 1 saturated heterocycles. The van der Waals surface area contributed by atoms with Crippen molar-refractivity contribution in [2.24, 2.45) is 0 Å². The van der Waals surface area contributed by atoms with Crippen LogP contribution in [0.4, 0.5) is 10.2 Å². The van der Waals surface area contributed by atoms with E-state index in [4.69, 9.17) is 0 Å². The van der Waals surface area contributed by atoms with E-state index < -0.39 is 12.0 Å². The SMILES string of the molecule is O=C(O)C1CCCN1c1ccc2ccc(F)cc2n1. The third-order valence-electron chi connectivity index (χ3n) is 3.47. The first kappa shape index (κ1) is 11.9. The van der Waals surface area contributed by atoms with Crippen LogP contribution in [0, 0.1) is 5.82 Å². The number of fused-ring (bicyclic) bond motifs is 1. The monoisotopic (exact) mass is 260 g/mol. The molecule has 4 nitrogen and oxygen atoms in total. The number of nitrogens with zero attached hydrogens (tertiary/aromatic N) is 2. The summed E-state index contributed by atoms with van der Waals surface area (Å²) >= 11 is 0. The van der Waals surface area contributed by atoms with Crippen molar-refractivity contribution < 1.29 is 14.3 Å². The minimum Gasteiger partial charge on any atom is -0.480 e. The van der Waals surface area contributed by atoms with Crippen LogP contribution in [-0.4, -0.2) is 28.6 Å². The topological polar surface area (TPSA) is 53.4 Å². The van der Waals surface area contributed by atoms with Crippen LogP contribution in [0.5, 0.6) is 0 Å². The molecule has 2 aromatic rings. The second kappa shape index (κ2) is 4.50. The predicted octanol–water partition coefficient (Wildman–Crippen LogP) is 2.43. The van der Waals surface area contributed by atoms with E-state index in [-0.39, 0.29) is 5.82 Å². The first-order chi connectivity index (χ1) is 9.15. The quantitative estimate of drug-likeness (QED) is 0.901. The highest BCUT2D eigenvalue weighted by Gasteiger charge is 2.31. The molecule has 0 amide bonds. The van der Waals surface area contributed by atoms with E-state index in [1.807, 2.05) is 6.07 Å². The molecule has 2 heterocycles. The van der Waals surface area contributed by atoms with Gasteiger partial charge in [-0.3, -0.25) is 0 Å². The number of aromatic nitrogens is 1. The number of carbonyl (C=O) groups is 1. The number of hydrogen-bond donors (Lipinski definition) is 1. The van der Waals surface area contributed by atoms with E-state index in [2.05, 4.69) is 4.98 Å². The molecule has 1 fully saturated rings. The first-order valence-corrected chi connectivity index (χ1v) is 6.21. The molecule has 0 spiro atoms. The highest BCUT2D eigenvalue weighted by atomic mass is 19.1. The van der Waals surface area contributed by atoms with Crippen LogP contribution in [0.25, 0.3) is 10.9 Å². The lowest BCUT2D eigenvalue weighted by Gasteiger charge is -2.22. The number of rotatable bonds is 2. The van der Waals surface area contributed by atoms with E-state index in [0.29, 0.717) is 24.3 Å². The van der Waals surface area contributed by atoms with Crippen molar-refractivity contribution in [2.75, 3.05) is 11.4 Å². The van der Waals surface area contributed by atoms with Gasteiger partial charge < -0.3 is 10.0 Å². The summed E-state index contributed by atoms with van der Waals surface area (Å²) in [6.45, 7) is 0.671. The van der Waals surface area contributed by atoms with E-state index >= 15 is 0 Å². The number of carboxylic acid groups (broad SMARTS) is 1. The van der Waals surface area contributed by atoms with Crippen molar-refractivity contribution in [3.63, 3.8) is 0 Å². The lowest BCUT2D eigenvalue weighted by molar-refractivity contribution is -0.138. The summed E-state index contributed by atoms with van der Waals surface area (Å²) in [5.74, 6) is -0.574. The third-order valence-corrected chi connectivity index (χ3v) is 3.47. The average molecular weight is 260 g/mol. The molecule has 0 saturated carbocycles. The van der Waals surface area contributed by atoms with Crippen molar-refractivity contribution in [2.45, 2.75) is 18.9 Å². The molecule has 1 aliphatic rings. The van der Waals surface area contributed by atoms with Crippen molar-refractivity contribution >= 4 is 22.7 Å². The fourth-order valence-electron chi connectivity index (χ4n) is 2.54. The fourth-order valence-corrected chi connectivity index (χ4v) is 2.54. The van der Waals surface area contributed by atoms with Crippen LogP contribution in [0.3, 0.4) is 0 Å². The summed E-state index contributed by atoms with van der Waals surface area (Å²) in [7, 11) is 0. The summed E-state index contributed by atoms with van der Waals surface area (Å²) in [6.07, 6.45) is 1.46. The summed E-state index contributed by atoms with van der Waals surface area (Å²) in [5, 5.41) is 10.0. The first-order valence-electron chi connectivity index (χ1n) is 6.21.